The first-order valence-corrected chi connectivity index (χ1v) is 11.2. The molecule has 1 aromatic rings. The van der Waals surface area contributed by atoms with Gasteiger partial charge in [0.2, 0.25) is 0 Å². The molecular formula is C24H34N2O. The van der Waals surface area contributed by atoms with Gasteiger partial charge in [-0.3, -0.25) is 9.48 Å². The fourth-order valence-corrected chi connectivity index (χ4v) is 7.80. The molecule has 0 radical (unpaired) electrons. The van der Waals surface area contributed by atoms with E-state index >= 15 is 0 Å². The number of nitrogens with zero attached hydrogens (tertiary/aromatic N) is 2. The molecule has 0 amide bonds. The van der Waals surface area contributed by atoms with Gasteiger partial charge in [0, 0.05) is 18.7 Å². The lowest BCUT2D eigenvalue weighted by atomic mass is 9.45. The zero-order chi connectivity index (χ0) is 18.8. The Kier molecular flexibility index (Phi) is 3.97. The fourth-order valence-electron chi connectivity index (χ4n) is 7.80. The predicted octanol–water partition coefficient (Wildman–Crippen LogP) is 5.42. The molecule has 4 aliphatic carbocycles. The number of hydrogen-bond donors (Lipinski definition) is 0. The Morgan fingerprint density at radius 2 is 1.96 bits per heavy atom. The molecule has 0 unspecified atom stereocenters. The highest BCUT2D eigenvalue weighted by atomic mass is 16.1. The van der Waals surface area contributed by atoms with Crippen LogP contribution >= 0.6 is 0 Å². The fraction of sp³-hybridized carbons (Fsp3) is 0.750. The summed E-state index contributed by atoms with van der Waals surface area (Å²) in [6, 6.07) is 2.02. The molecule has 1 aromatic heterocycles. The van der Waals surface area contributed by atoms with E-state index in [-0.39, 0.29) is 5.41 Å². The van der Waals surface area contributed by atoms with E-state index in [9.17, 15) is 4.79 Å². The molecule has 1 heterocycles. The largest absolute Gasteiger partial charge is 0.294 e. The smallest absolute Gasteiger partial charge is 0.165 e. The number of rotatable bonds is 1. The number of allylic oxidation sites excluding steroid dienone is 1. The molecule has 0 aromatic carbocycles. The second kappa shape index (κ2) is 6.06. The number of carbonyl (C=O) groups excluding carboxylic acids is 1. The third-order valence-electron chi connectivity index (χ3n) is 9.40. The van der Waals surface area contributed by atoms with E-state index in [2.05, 4.69) is 25.0 Å². The van der Waals surface area contributed by atoms with Crippen molar-refractivity contribution in [3.63, 3.8) is 0 Å². The van der Waals surface area contributed by atoms with Gasteiger partial charge in [-0.15, -0.1) is 0 Å². The van der Waals surface area contributed by atoms with E-state index in [1.54, 1.807) is 0 Å². The summed E-state index contributed by atoms with van der Waals surface area (Å²) in [4.78, 5) is 13.4. The van der Waals surface area contributed by atoms with Crippen molar-refractivity contribution in [1.82, 2.24) is 9.78 Å². The quantitative estimate of drug-likeness (QED) is 0.622. The standard InChI is InChI=1S/C24H34N2O/c1-23-11-5-4-6-17(23)7-8-19-20(23)9-12-24(2)21(19)15-16(22(24)27)14-18-10-13-25-26(18)3/h10,13-14,17,19-21H,4-9,11-12,15H2,1-3H3/b16-14+/t17-,19-,20+,21+,23-,24-/m0/s1. The van der Waals surface area contributed by atoms with Crippen molar-refractivity contribution in [3.8, 4) is 0 Å². The maximum Gasteiger partial charge on any atom is 0.165 e. The molecule has 0 spiro atoms. The maximum absolute atomic E-state index is 13.4. The zero-order valence-corrected chi connectivity index (χ0v) is 17.2. The summed E-state index contributed by atoms with van der Waals surface area (Å²) < 4.78 is 1.88. The molecule has 0 saturated heterocycles. The van der Waals surface area contributed by atoms with Crippen molar-refractivity contribution in [2.75, 3.05) is 0 Å². The van der Waals surface area contributed by atoms with E-state index < -0.39 is 0 Å². The van der Waals surface area contributed by atoms with Crippen molar-refractivity contribution in [2.24, 2.45) is 41.5 Å². The van der Waals surface area contributed by atoms with E-state index in [0.717, 1.165) is 41.9 Å². The van der Waals surface area contributed by atoms with Gasteiger partial charge < -0.3 is 0 Å². The molecule has 6 atom stereocenters. The number of carbonyl (C=O) groups is 1. The van der Waals surface area contributed by atoms with Crippen LogP contribution in [0.15, 0.2) is 17.8 Å². The second-order valence-electron chi connectivity index (χ2n) is 10.4. The van der Waals surface area contributed by atoms with Gasteiger partial charge in [0.1, 0.15) is 0 Å². The van der Waals surface area contributed by atoms with Gasteiger partial charge in [-0.2, -0.15) is 5.10 Å². The van der Waals surface area contributed by atoms with Gasteiger partial charge >= 0.3 is 0 Å². The third-order valence-corrected chi connectivity index (χ3v) is 9.40. The third kappa shape index (κ3) is 2.46. The lowest BCUT2D eigenvalue weighted by Gasteiger charge is -2.59. The number of ketones is 1. The summed E-state index contributed by atoms with van der Waals surface area (Å²) in [5.41, 5.74) is 2.53. The summed E-state index contributed by atoms with van der Waals surface area (Å²) in [6.45, 7) is 4.90. The lowest BCUT2D eigenvalue weighted by Crippen LogP contribution is -2.52. The highest BCUT2D eigenvalue weighted by Gasteiger charge is 2.60. The van der Waals surface area contributed by atoms with Crippen LogP contribution in [0.4, 0.5) is 0 Å². The van der Waals surface area contributed by atoms with Crippen LogP contribution in [0.5, 0.6) is 0 Å². The Morgan fingerprint density at radius 1 is 1.11 bits per heavy atom. The van der Waals surface area contributed by atoms with Crippen molar-refractivity contribution < 1.29 is 4.79 Å². The van der Waals surface area contributed by atoms with Crippen molar-refractivity contribution in [1.29, 1.82) is 0 Å². The van der Waals surface area contributed by atoms with Crippen molar-refractivity contribution in [2.45, 2.75) is 71.6 Å². The molecule has 146 valence electrons. The minimum Gasteiger partial charge on any atom is -0.294 e. The number of aryl methyl sites for hydroxylation is 1. The molecule has 27 heavy (non-hydrogen) atoms. The van der Waals surface area contributed by atoms with E-state index in [0.29, 0.717) is 17.1 Å². The molecule has 5 rings (SSSR count). The Balaban J connectivity index is 1.48. The lowest BCUT2D eigenvalue weighted by molar-refractivity contribution is -0.137. The van der Waals surface area contributed by atoms with Gasteiger partial charge in [0.25, 0.3) is 0 Å². The van der Waals surface area contributed by atoms with Crippen LogP contribution < -0.4 is 0 Å². The van der Waals surface area contributed by atoms with E-state index in [4.69, 9.17) is 0 Å². The minimum atomic E-state index is -0.122. The van der Waals surface area contributed by atoms with Crippen LogP contribution in [0.3, 0.4) is 0 Å². The van der Waals surface area contributed by atoms with Crippen LogP contribution in [-0.2, 0) is 11.8 Å². The monoisotopic (exact) mass is 366 g/mol. The van der Waals surface area contributed by atoms with Gasteiger partial charge in [-0.25, -0.2) is 0 Å². The average Bonchev–Trinajstić information content (AvgIpc) is 3.17. The molecule has 0 aliphatic heterocycles. The Hall–Kier alpha value is -1.38. The molecule has 3 heteroatoms. The van der Waals surface area contributed by atoms with Gasteiger partial charge in [0.05, 0.1) is 5.69 Å². The first kappa shape index (κ1) is 17.7. The Bertz CT molecular complexity index is 792. The second-order valence-corrected chi connectivity index (χ2v) is 10.4. The summed E-state index contributed by atoms with van der Waals surface area (Å²) in [6.07, 6.45) is 15.8. The summed E-state index contributed by atoms with van der Waals surface area (Å²) in [5, 5.41) is 4.27. The van der Waals surface area contributed by atoms with Gasteiger partial charge in [0.15, 0.2) is 5.78 Å². The highest BCUT2D eigenvalue weighted by Crippen LogP contribution is 2.66. The molecule has 3 nitrogen and oxygen atoms in total. The highest BCUT2D eigenvalue weighted by molar-refractivity contribution is 6.05. The first-order valence-electron chi connectivity index (χ1n) is 11.2. The normalized spacial score (nSPS) is 45.4. The summed E-state index contributed by atoms with van der Waals surface area (Å²) in [7, 11) is 1.96. The van der Waals surface area contributed by atoms with Crippen LogP contribution in [0.25, 0.3) is 6.08 Å². The van der Waals surface area contributed by atoms with Gasteiger partial charge in [-0.05, 0) is 91.7 Å². The molecule has 4 fully saturated rings. The van der Waals surface area contributed by atoms with Crippen LogP contribution in [0.2, 0.25) is 0 Å². The molecular weight excluding hydrogens is 332 g/mol. The van der Waals surface area contributed by atoms with Crippen LogP contribution in [0.1, 0.15) is 77.3 Å². The summed E-state index contributed by atoms with van der Waals surface area (Å²) >= 11 is 0. The molecule has 0 N–H and O–H groups in total. The zero-order valence-electron chi connectivity index (χ0n) is 17.2. The SMILES string of the molecule is Cn1nccc1/C=C1\C[C@@H]2[C@H]3CC[C@@H]4CCCC[C@]4(C)[C@@H]3CC[C@]2(C)C1=O. The summed E-state index contributed by atoms with van der Waals surface area (Å²) in [5.74, 6) is 3.53. The van der Waals surface area contributed by atoms with Crippen LogP contribution in [0, 0.1) is 34.5 Å². The minimum absolute atomic E-state index is 0.122. The van der Waals surface area contributed by atoms with Crippen molar-refractivity contribution in [3.05, 3.63) is 23.5 Å². The Labute approximate surface area is 163 Å². The van der Waals surface area contributed by atoms with Crippen molar-refractivity contribution >= 4 is 11.9 Å². The first-order chi connectivity index (χ1) is 12.9. The average molecular weight is 367 g/mol. The maximum atomic E-state index is 13.4. The van der Waals surface area contributed by atoms with E-state index in [1.807, 2.05) is 24.0 Å². The number of Topliss-reactive ketones (excluding diaryl/α,β-unsaturated/α-hetero) is 1. The Morgan fingerprint density at radius 3 is 2.74 bits per heavy atom. The van der Waals surface area contributed by atoms with E-state index in [1.165, 1.54) is 44.9 Å². The van der Waals surface area contributed by atoms with Crippen LogP contribution in [-0.4, -0.2) is 15.6 Å². The number of aromatic nitrogens is 2. The molecule has 4 aliphatic rings. The molecule has 4 saturated carbocycles. The number of hydrogen-bond acceptors (Lipinski definition) is 2. The topological polar surface area (TPSA) is 34.9 Å². The molecule has 0 bridgehead atoms. The predicted molar refractivity (Wildman–Crippen MR) is 108 cm³/mol. The van der Waals surface area contributed by atoms with Gasteiger partial charge in [-0.1, -0.05) is 26.7 Å². The number of fused-ring (bicyclic) bond motifs is 5.